The lowest BCUT2D eigenvalue weighted by atomic mass is 9.78. The topological polar surface area (TPSA) is 138 Å². The van der Waals surface area contributed by atoms with Crippen molar-refractivity contribution in [2.24, 2.45) is 11.8 Å². The molecule has 0 saturated heterocycles. The summed E-state index contributed by atoms with van der Waals surface area (Å²) in [6.07, 6.45) is 8.59. The number of aromatic nitrogens is 5. The van der Waals surface area contributed by atoms with E-state index in [4.69, 9.17) is 4.98 Å². The van der Waals surface area contributed by atoms with E-state index in [9.17, 15) is 13.7 Å². The van der Waals surface area contributed by atoms with Crippen molar-refractivity contribution in [3.8, 4) is 28.0 Å². The average Bonchev–Trinajstić information content (AvgIpc) is 3.58. The zero-order chi connectivity index (χ0) is 27.3. The number of hydrogen-bond acceptors (Lipinski definition) is 9. The first-order valence-electron chi connectivity index (χ1n) is 13.1. The molecule has 0 aromatic carbocycles. The Balaban J connectivity index is 1.29. The van der Waals surface area contributed by atoms with E-state index in [0.29, 0.717) is 17.4 Å². The summed E-state index contributed by atoms with van der Waals surface area (Å²) in [5.41, 5.74) is 4.75. The molecule has 4 aromatic heterocycles. The number of anilines is 1. The lowest BCUT2D eigenvalue weighted by Crippen LogP contribution is -2.44. The highest BCUT2D eigenvalue weighted by atomic mass is 32.2. The van der Waals surface area contributed by atoms with E-state index in [1.807, 2.05) is 24.4 Å². The lowest BCUT2D eigenvalue weighted by molar-refractivity contribution is 0.256. The minimum atomic E-state index is -3.22. The van der Waals surface area contributed by atoms with Crippen molar-refractivity contribution in [3.05, 3.63) is 47.2 Å². The van der Waals surface area contributed by atoms with Gasteiger partial charge in [-0.2, -0.15) is 10.4 Å². The molecule has 2 aliphatic rings. The highest BCUT2D eigenvalue weighted by Gasteiger charge is 2.45. The Morgan fingerprint density at radius 2 is 1.90 bits per heavy atom. The lowest BCUT2D eigenvalue weighted by Gasteiger charge is -2.34. The summed E-state index contributed by atoms with van der Waals surface area (Å²) in [5.74, 6) is 0.964. The van der Waals surface area contributed by atoms with Crippen LogP contribution in [0.4, 0.5) is 5.69 Å². The molecule has 6 rings (SSSR count). The average molecular weight is 563 g/mol. The molecule has 2 aliphatic carbocycles. The third-order valence-corrected chi connectivity index (χ3v) is 9.53. The smallest absolute Gasteiger partial charge is 0.208 e. The summed E-state index contributed by atoms with van der Waals surface area (Å²) < 4.78 is 28.4. The number of hydrogen-bond donors (Lipinski definition) is 2. The normalized spacial score (nSPS) is 22.8. The predicted octanol–water partition coefficient (Wildman–Crippen LogP) is 4.43. The minimum absolute atomic E-state index is 0.0355. The van der Waals surface area contributed by atoms with Gasteiger partial charge >= 0.3 is 0 Å². The van der Waals surface area contributed by atoms with Crippen LogP contribution >= 0.6 is 11.3 Å². The molecule has 2 bridgehead atoms. The fourth-order valence-electron chi connectivity index (χ4n) is 6.13. The Labute approximate surface area is 231 Å². The fraction of sp³-hybridized carbons (Fsp3) is 0.444. The van der Waals surface area contributed by atoms with Crippen LogP contribution in [0.25, 0.3) is 27.5 Å². The molecule has 0 radical (unpaired) electrons. The van der Waals surface area contributed by atoms with Crippen molar-refractivity contribution < 1.29 is 8.42 Å². The zero-order valence-electron chi connectivity index (χ0n) is 22.0. The molecule has 2 fully saturated rings. The Bertz CT molecular complexity index is 1670. The molecule has 4 aromatic rings. The van der Waals surface area contributed by atoms with E-state index >= 15 is 0 Å². The summed E-state index contributed by atoms with van der Waals surface area (Å²) in [5, 5.41) is 28.2. The molecule has 0 spiro atoms. The summed E-state index contributed by atoms with van der Waals surface area (Å²) >= 11 is 1.60. The molecular weight excluding hydrogens is 532 g/mol. The van der Waals surface area contributed by atoms with Crippen LogP contribution in [0.5, 0.6) is 0 Å². The first kappa shape index (κ1) is 25.9. The summed E-state index contributed by atoms with van der Waals surface area (Å²) in [4.78, 5) is 4.77. The fourth-order valence-corrected chi connectivity index (χ4v) is 8.00. The van der Waals surface area contributed by atoms with Crippen LogP contribution in [0.2, 0.25) is 0 Å². The van der Waals surface area contributed by atoms with Gasteiger partial charge in [0.05, 0.1) is 40.5 Å². The Morgan fingerprint density at radius 3 is 2.59 bits per heavy atom. The van der Waals surface area contributed by atoms with Crippen LogP contribution in [-0.2, 0) is 10.0 Å². The number of nitrogens with one attached hydrogen (secondary N) is 2. The van der Waals surface area contributed by atoms with Gasteiger partial charge in [-0.15, -0.1) is 10.2 Å². The van der Waals surface area contributed by atoms with E-state index in [0.717, 1.165) is 63.9 Å². The molecule has 0 aliphatic heterocycles. The second-order valence-electron chi connectivity index (χ2n) is 11.0. The molecule has 202 valence electrons. The van der Waals surface area contributed by atoms with Gasteiger partial charge in [0.1, 0.15) is 11.1 Å². The highest BCUT2D eigenvalue weighted by Crippen LogP contribution is 2.49. The van der Waals surface area contributed by atoms with Crippen LogP contribution in [0, 0.1) is 23.2 Å². The van der Waals surface area contributed by atoms with Crippen LogP contribution < -0.4 is 10.0 Å². The molecule has 2 saturated carbocycles. The number of nitriles is 1. The van der Waals surface area contributed by atoms with Crippen molar-refractivity contribution >= 4 is 32.6 Å². The zero-order valence-corrected chi connectivity index (χ0v) is 23.6. The molecule has 2 N–H and O–H groups in total. The van der Waals surface area contributed by atoms with Gasteiger partial charge in [-0.1, -0.05) is 11.3 Å². The molecule has 12 heteroatoms. The third kappa shape index (κ3) is 5.14. The largest absolute Gasteiger partial charge is 0.382 e. The van der Waals surface area contributed by atoms with Gasteiger partial charge in [0.25, 0.3) is 0 Å². The second kappa shape index (κ2) is 9.97. The van der Waals surface area contributed by atoms with Crippen LogP contribution in [-0.4, -0.2) is 51.6 Å². The van der Waals surface area contributed by atoms with E-state index in [2.05, 4.69) is 45.3 Å². The SMILES string of the molecule is CC(C)Nc1cc(-c2ccc3cc(C#N)cnn23)ncc1-c1nnc(C2C[C@H]3CC[C@@H](C2)C3NS(C)(=O)=O)s1. The molecule has 4 atom stereocenters. The van der Waals surface area contributed by atoms with Gasteiger partial charge in [0.15, 0.2) is 5.01 Å². The van der Waals surface area contributed by atoms with E-state index in [1.165, 1.54) is 6.26 Å². The monoisotopic (exact) mass is 562 g/mol. The maximum atomic E-state index is 11.9. The second-order valence-corrected chi connectivity index (χ2v) is 13.7. The summed E-state index contributed by atoms with van der Waals surface area (Å²) in [6.45, 7) is 4.18. The van der Waals surface area contributed by atoms with Crippen molar-refractivity contribution in [2.45, 2.75) is 57.5 Å². The summed E-state index contributed by atoms with van der Waals surface area (Å²) in [7, 11) is -3.22. The molecule has 10 nitrogen and oxygen atoms in total. The predicted molar refractivity (Wildman–Crippen MR) is 151 cm³/mol. The van der Waals surface area contributed by atoms with E-state index < -0.39 is 10.0 Å². The van der Waals surface area contributed by atoms with Gasteiger partial charge in [-0.3, -0.25) is 4.98 Å². The number of pyridine rings is 1. The van der Waals surface area contributed by atoms with Crippen molar-refractivity contribution in [1.82, 2.24) is 29.5 Å². The van der Waals surface area contributed by atoms with Gasteiger partial charge in [-0.25, -0.2) is 17.7 Å². The molecule has 2 unspecified atom stereocenters. The molecule has 0 amide bonds. The first-order valence-corrected chi connectivity index (χ1v) is 15.8. The van der Waals surface area contributed by atoms with Crippen molar-refractivity contribution in [2.75, 3.05) is 11.6 Å². The van der Waals surface area contributed by atoms with Gasteiger partial charge in [0.2, 0.25) is 10.0 Å². The van der Waals surface area contributed by atoms with Crippen molar-refractivity contribution in [3.63, 3.8) is 0 Å². The van der Waals surface area contributed by atoms with Gasteiger partial charge in [0, 0.05) is 29.9 Å². The first-order chi connectivity index (χ1) is 18.7. The number of rotatable bonds is 7. The van der Waals surface area contributed by atoms with Crippen LogP contribution in [0.1, 0.15) is 56.0 Å². The maximum absolute atomic E-state index is 11.9. The third-order valence-electron chi connectivity index (χ3n) is 7.71. The number of sulfonamides is 1. The standard InChI is InChI=1S/C27H30N8O2S2/c1-15(2)31-22-11-23(24-7-6-20-8-16(12-28)13-30-35(20)24)29-14-21(22)27-33-32-26(38-27)19-9-17-4-5-18(10-19)25(17)34-39(3,36)37/h6-8,11,13-15,17-19,25,34H,4-5,9-10H2,1-3H3,(H,29,31)/t17-,18+,19?,25?. The molecule has 39 heavy (non-hydrogen) atoms. The summed E-state index contributed by atoms with van der Waals surface area (Å²) in [6, 6.07) is 10.1. The number of fused-ring (bicyclic) bond motifs is 3. The highest BCUT2D eigenvalue weighted by molar-refractivity contribution is 7.88. The number of nitrogens with zero attached hydrogens (tertiary/aromatic N) is 6. The van der Waals surface area contributed by atoms with Crippen LogP contribution in [0.15, 0.2) is 36.7 Å². The maximum Gasteiger partial charge on any atom is 0.208 e. The van der Waals surface area contributed by atoms with Crippen molar-refractivity contribution in [1.29, 1.82) is 5.26 Å². The minimum Gasteiger partial charge on any atom is -0.382 e. The van der Waals surface area contributed by atoms with E-state index in [-0.39, 0.29) is 18.0 Å². The van der Waals surface area contributed by atoms with E-state index in [1.54, 1.807) is 28.1 Å². The Kier molecular flexibility index (Phi) is 6.61. The molecular formula is C27H30N8O2S2. The quantitative estimate of drug-likeness (QED) is 0.337. The van der Waals surface area contributed by atoms with Gasteiger partial charge < -0.3 is 5.32 Å². The Morgan fingerprint density at radius 1 is 1.13 bits per heavy atom. The Hall–Kier alpha value is -3.40. The molecule has 4 heterocycles. The van der Waals surface area contributed by atoms with Crippen LogP contribution in [0.3, 0.4) is 0 Å². The van der Waals surface area contributed by atoms with Gasteiger partial charge in [-0.05, 0) is 75.6 Å².